The lowest BCUT2D eigenvalue weighted by Crippen LogP contribution is -2.42. The summed E-state index contributed by atoms with van der Waals surface area (Å²) < 4.78 is 17.1. The van der Waals surface area contributed by atoms with Crippen LogP contribution >= 0.6 is 0 Å². The van der Waals surface area contributed by atoms with Gasteiger partial charge in [0.25, 0.3) is 0 Å². The first kappa shape index (κ1) is 16.0. The van der Waals surface area contributed by atoms with Gasteiger partial charge in [0.2, 0.25) is 0 Å². The van der Waals surface area contributed by atoms with Crippen molar-refractivity contribution >= 4 is 9.53 Å². The Labute approximate surface area is 101 Å². The summed E-state index contributed by atoms with van der Waals surface area (Å²) in [6.07, 6.45) is 0.0233. The molecule has 0 fully saturated rings. The molecule has 0 saturated carbocycles. The number of hydrogen-bond donors (Lipinski definition) is 0. The molecule has 0 aliphatic carbocycles. The van der Waals surface area contributed by atoms with E-state index in [-0.39, 0.29) is 12.5 Å². The van der Waals surface area contributed by atoms with Crippen LogP contribution in [0.4, 0.5) is 0 Å². The first-order chi connectivity index (χ1) is 7.38. The van der Waals surface area contributed by atoms with Gasteiger partial charge in [-0.25, -0.2) is 0 Å². The predicted octanol–water partition coefficient (Wildman–Crippen LogP) is 0.589. The summed E-state index contributed by atoms with van der Waals surface area (Å²) in [7, 11) is 5.83. The lowest BCUT2D eigenvalue weighted by molar-refractivity contribution is -0.0343. The van der Waals surface area contributed by atoms with Gasteiger partial charge in [0.15, 0.2) is 0 Å². The third-order valence-electron chi connectivity index (χ3n) is 2.37. The highest BCUT2D eigenvalue weighted by atomic mass is 28.3. The molecule has 16 heavy (non-hydrogen) atoms. The summed E-state index contributed by atoms with van der Waals surface area (Å²) in [4.78, 5) is 3.98. The van der Waals surface area contributed by atoms with E-state index in [0.717, 1.165) is 0 Å². The van der Waals surface area contributed by atoms with Crippen molar-refractivity contribution in [3.8, 4) is 0 Å². The van der Waals surface area contributed by atoms with Crippen LogP contribution in [0.2, 0.25) is 0 Å². The molecular weight excluding hydrogens is 224 g/mol. The summed E-state index contributed by atoms with van der Waals surface area (Å²) >= 11 is 0. The smallest absolute Gasteiger partial charge is 0.376 e. The maximum Gasteiger partial charge on any atom is 0.486 e. The zero-order chi connectivity index (χ0) is 12.7. The topological polar surface area (TPSA) is 34.2 Å². The average molecular weight is 250 g/mol. The van der Waals surface area contributed by atoms with Gasteiger partial charge in [0.1, 0.15) is 12.5 Å². The first-order valence-corrected chi connectivity index (χ1v) is 7.05. The molecule has 0 aliphatic heterocycles. The second-order valence-corrected chi connectivity index (χ2v) is 5.60. The van der Waals surface area contributed by atoms with Crippen molar-refractivity contribution in [2.24, 2.45) is 0 Å². The average Bonchev–Trinajstić information content (AvgIpc) is 2.17. The van der Waals surface area contributed by atoms with Gasteiger partial charge in [0, 0.05) is 6.61 Å². The van der Waals surface area contributed by atoms with E-state index in [1.807, 2.05) is 58.8 Å². The molecule has 0 heterocycles. The molecule has 98 valence electrons. The van der Waals surface area contributed by atoms with Gasteiger partial charge < -0.3 is 13.3 Å². The number of rotatable bonds is 8. The van der Waals surface area contributed by atoms with Crippen molar-refractivity contribution < 1.29 is 13.3 Å². The van der Waals surface area contributed by atoms with Gasteiger partial charge in [-0.2, -0.15) is 0 Å². The molecule has 2 atom stereocenters. The molecular formula is C10H26N2O3Si. The zero-order valence-electron chi connectivity index (χ0n) is 11.6. The van der Waals surface area contributed by atoms with Crippen LogP contribution in [0.15, 0.2) is 0 Å². The summed E-state index contributed by atoms with van der Waals surface area (Å²) in [6.45, 7) is 6.55. The molecule has 0 rings (SSSR count). The van der Waals surface area contributed by atoms with Crippen molar-refractivity contribution in [3.05, 3.63) is 0 Å². The van der Waals surface area contributed by atoms with E-state index in [0.29, 0.717) is 6.61 Å². The Kier molecular flexibility index (Phi) is 8.17. The third-order valence-corrected chi connectivity index (χ3v) is 4.21. The Bertz CT molecular complexity index is 165. The molecule has 0 radical (unpaired) electrons. The highest BCUT2D eigenvalue weighted by Gasteiger charge is 2.22. The molecule has 5 nitrogen and oxygen atoms in total. The van der Waals surface area contributed by atoms with Crippen LogP contribution in [0.3, 0.4) is 0 Å². The van der Waals surface area contributed by atoms with Crippen molar-refractivity contribution in [3.63, 3.8) is 0 Å². The van der Waals surface area contributed by atoms with Crippen LogP contribution in [-0.4, -0.2) is 66.6 Å². The van der Waals surface area contributed by atoms with Crippen LogP contribution in [0, 0.1) is 0 Å². The molecule has 0 N–H and O–H groups in total. The highest BCUT2D eigenvalue weighted by molar-refractivity contribution is 6.36. The van der Waals surface area contributed by atoms with E-state index in [9.17, 15) is 0 Å². The van der Waals surface area contributed by atoms with Gasteiger partial charge in [-0.05, 0) is 49.0 Å². The Morgan fingerprint density at radius 1 is 0.938 bits per heavy atom. The fourth-order valence-corrected chi connectivity index (χ4v) is 2.44. The maximum absolute atomic E-state index is 5.77. The van der Waals surface area contributed by atoms with Crippen LogP contribution in [0.1, 0.15) is 20.8 Å². The first-order valence-electron chi connectivity index (χ1n) is 5.63. The second kappa shape index (κ2) is 8.16. The van der Waals surface area contributed by atoms with Crippen LogP contribution in [0.5, 0.6) is 0 Å². The van der Waals surface area contributed by atoms with Gasteiger partial charge in [-0.15, -0.1) is 0 Å². The lowest BCUT2D eigenvalue weighted by Gasteiger charge is -2.29. The molecule has 0 aromatic rings. The standard InChI is InChI=1S/C10H26N2O3Si/c1-8-13-16(14-9(2)11(4)5)15-10(3)12(6)7/h9-10,16H,8H2,1-7H3. The van der Waals surface area contributed by atoms with E-state index in [4.69, 9.17) is 13.3 Å². The summed E-state index contributed by atoms with van der Waals surface area (Å²) in [5.74, 6) is 0. The largest absolute Gasteiger partial charge is 0.486 e. The molecule has 0 amide bonds. The van der Waals surface area contributed by atoms with Crippen molar-refractivity contribution in [2.45, 2.75) is 33.2 Å². The van der Waals surface area contributed by atoms with Crippen molar-refractivity contribution in [1.29, 1.82) is 0 Å². The Morgan fingerprint density at radius 2 is 1.31 bits per heavy atom. The summed E-state index contributed by atoms with van der Waals surface area (Å²) in [5.41, 5.74) is 0. The van der Waals surface area contributed by atoms with E-state index in [1.54, 1.807) is 0 Å². The van der Waals surface area contributed by atoms with E-state index < -0.39 is 9.53 Å². The number of nitrogens with zero attached hydrogens (tertiary/aromatic N) is 2. The van der Waals surface area contributed by atoms with E-state index >= 15 is 0 Å². The zero-order valence-corrected chi connectivity index (χ0v) is 12.7. The van der Waals surface area contributed by atoms with E-state index in [2.05, 4.69) is 0 Å². The van der Waals surface area contributed by atoms with Crippen LogP contribution in [0.25, 0.3) is 0 Å². The van der Waals surface area contributed by atoms with Gasteiger partial charge in [-0.3, -0.25) is 9.80 Å². The minimum atomic E-state index is -2.05. The van der Waals surface area contributed by atoms with Crippen molar-refractivity contribution in [2.75, 3.05) is 34.8 Å². The molecule has 2 unspecified atom stereocenters. The maximum atomic E-state index is 5.77. The molecule has 0 bridgehead atoms. The van der Waals surface area contributed by atoms with E-state index in [1.165, 1.54) is 0 Å². The molecule has 0 saturated heterocycles. The fourth-order valence-electron chi connectivity index (χ4n) is 0.812. The second-order valence-electron chi connectivity index (χ2n) is 4.14. The molecule has 0 aromatic carbocycles. The minimum Gasteiger partial charge on any atom is -0.376 e. The van der Waals surface area contributed by atoms with Crippen molar-refractivity contribution in [1.82, 2.24) is 9.80 Å². The molecule has 6 heteroatoms. The quantitative estimate of drug-likeness (QED) is 0.465. The van der Waals surface area contributed by atoms with Gasteiger partial charge in [0.05, 0.1) is 0 Å². The summed E-state index contributed by atoms with van der Waals surface area (Å²) in [5, 5.41) is 0. The fraction of sp³-hybridized carbons (Fsp3) is 1.00. The van der Waals surface area contributed by atoms with Gasteiger partial charge >= 0.3 is 9.53 Å². The molecule has 0 aromatic heterocycles. The third kappa shape index (κ3) is 6.57. The molecule has 0 aliphatic rings. The lowest BCUT2D eigenvalue weighted by atomic mass is 10.6. The number of hydrogen-bond acceptors (Lipinski definition) is 5. The Morgan fingerprint density at radius 3 is 1.56 bits per heavy atom. The normalized spacial score (nSPS) is 17.8. The highest BCUT2D eigenvalue weighted by Crippen LogP contribution is 2.05. The monoisotopic (exact) mass is 250 g/mol. The van der Waals surface area contributed by atoms with Crippen LogP contribution in [-0.2, 0) is 13.3 Å². The summed E-state index contributed by atoms with van der Waals surface area (Å²) in [6, 6.07) is 0. The predicted molar refractivity (Wildman–Crippen MR) is 67.2 cm³/mol. The SMILES string of the molecule is CCO[SiH](OC(C)N(C)C)OC(C)N(C)C. The van der Waals surface area contributed by atoms with Gasteiger partial charge in [-0.1, -0.05) is 0 Å². The van der Waals surface area contributed by atoms with Crippen LogP contribution < -0.4 is 0 Å². The molecule has 0 spiro atoms. The Balaban J connectivity index is 4.16. The Hall–Kier alpha value is 0.0169. The minimum absolute atomic E-state index is 0.0116.